The number of nitrogens with zero attached hydrogens (tertiary/aromatic N) is 1. The van der Waals surface area contributed by atoms with Gasteiger partial charge in [0.15, 0.2) is 17.8 Å². The molecule has 3 aromatic rings. The van der Waals surface area contributed by atoms with Gasteiger partial charge in [-0.3, -0.25) is 0 Å². The quantitative estimate of drug-likeness (QED) is 0.238. The number of carbonyl (C=O) groups is 1. The van der Waals surface area contributed by atoms with E-state index in [9.17, 15) is 18.3 Å². The molecule has 0 unspecified atom stereocenters. The number of rotatable bonds is 15. The third-order valence-corrected chi connectivity index (χ3v) is 10.7. The third kappa shape index (κ3) is 8.84. The fraction of sp³-hybridized carbons (Fsp3) is 0.472. The van der Waals surface area contributed by atoms with Crippen LogP contribution in [0.3, 0.4) is 0 Å². The fourth-order valence-electron chi connectivity index (χ4n) is 6.26. The average Bonchev–Trinajstić information content (AvgIpc) is 3.84. The zero-order chi connectivity index (χ0) is 34.4. The van der Waals surface area contributed by atoms with Crippen molar-refractivity contribution in [2.45, 2.75) is 62.5 Å². The van der Waals surface area contributed by atoms with Crippen molar-refractivity contribution in [3.8, 4) is 17.2 Å². The zero-order valence-electron chi connectivity index (χ0n) is 27.7. The highest BCUT2D eigenvalue weighted by molar-refractivity contribution is 7.89. The first-order valence-electron chi connectivity index (χ1n) is 16.7. The first kappa shape index (κ1) is 35.0. The van der Waals surface area contributed by atoms with Gasteiger partial charge in [0.1, 0.15) is 11.9 Å². The Labute approximate surface area is 287 Å². The van der Waals surface area contributed by atoms with E-state index in [4.69, 9.17) is 28.4 Å². The molecule has 3 aliphatic heterocycles. The van der Waals surface area contributed by atoms with Crippen LogP contribution in [0.5, 0.6) is 17.2 Å². The van der Waals surface area contributed by atoms with Gasteiger partial charge in [0.05, 0.1) is 42.8 Å². The number of amides is 1. The Balaban J connectivity index is 1.16. The summed E-state index contributed by atoms with van der Waals surface area (Å²) in [6, 6.07) is 21.0. The number of hydrogen-bond acceptors (Lipinski definition) is 10. The van der Waals surface area contributed by atoms with Crippen molar-refractivity contribution >= 4 is 16.1 Å². The lowest BCUT2D eigenvalue weighted by Gasteiger charge is -2.31. The third-order valence-electron chi connectivity index (χ3n) is 8.83. The van der Waals surface area contributed by atoms with Crippen molar-refractivity contribution in [3.63, 3.8) is 0 Å². The van der Waals surface area contributed by atoms with Crippen molar-refractivity contribution in [3.05, 3.63) is 83.9 Å². The molecule has 3 aliphatic rings. The number of ether oxygens (including phenoxy) is 6. The Morgan fingerprint density at radius 3 is 2.53 bits per heavy atom. The highest BCUT2D eigenvalue weighted by Crippen LogP contribution is 2.35. The first-order valence-corrected chi connectivity index (χ1v) is 18.1. The van der Waals surface area contributed by atoms with E-state index >= 15 is 0 Å². The molecule has 0 aliphatic carbocycles. The van der Waals surface area contributed by atoms with Crippen LogP contribution >= 0.6 is 0 Å². The smallest absolute Gasteiger partial charge is 0.407 e. The van der Waals surface area contributed by atoms with Gasteiger partial charge in [-0.15, -0.1) is 0 Å². The Kier molecular flexibility index (Phi) is 11.3. The second kappa shape index (κ2) is 15.8. The molecule has 49 heavy (non-hydrogen) atoms. The van der Waals surface area contributed by atoms with E-state index in [1.165, 1.54) is 22.0 Å². The van der Waals surface area contributed by atoms with Crippen molar-refractivity contribution < 1.29 is 46.7 Å². The van der Waals surface area contributed by atoms with Gasteiger partial charge in [0, 0.05) is 25.6 Å². The number of nitrogens with one attached hydrogen (secondary N) is 1. The Morgan fingerprint density at radius 2 is 1.76 bits per heavy atom. The maximum Gasteiger partial charge on any atom is 0.407 e. The monoisotopic (exact) mass is 696 g/mol. The molecule has 0 spiro atoms. The van der Waals surface area contributed by atoms with E-state index < -0.39 is 40.7 Å². The summed E-state index contributed by atoms with van der Waals surface area (Å²) >= 11 is 0. The van der Waals surface area contributed by atoms with Crippen LogP contribution < -0.4 is 19.5 Å². The number of aliphatic hydroxyl groups excluding tert-OH is 1. The van der Waals surface area contributed by atoms with Gasteiger partial charge in [0.2, 0.25) is 16.8 Å². The van der Waals surface area contributed by atoms with Crippen molar-refractivity contribution in [1.82, 2.24) is 9.62 Å². The molecule has 2 fully saturated rings. The number of sulfonamides is 1. The molecule has 0 radical (unpaired) electrons. The number of fused-ring (bicyclic) bond motifs is 2. The second-order valence-electron chi connectivity index (χ2n) is 13.0. The topological polar surface area (TPSA) is 142 Å². The Hall–Kier alpha value is -3.88. The van der Waals surface area contributed by atoms with Crippen LogP contribution in [0, 0.1) is 11.8 Å². The summed E-state index contributed by atoms with van der Waals surface area (Å²) in [5, 5.41) is 14.5. The molecule has 3 heterocycles. The number of hydrogen-bond donors (Lipinski definition) is 2. The van der Waals surface area contributed by atoms with Crippen molar-refractivity contribution in [2.75, 3.05) is 39.7 Å². The van der Waals surface area contributed by atoms with E-state index in [1.54, 1.807) is 6.07 Å². The lowest BCUT2D eigenvalue weighted by molar-refractivity contribution is -0.0907. The van der Waals surface area contributed by atoms with Gasteiger partial charge < -0.3 is 38.8 Å². The minimum absolute atomic E-state index is 0.0128. The summed E-state index contributed by atoms with van der Waals surface area (Å²) in [4.78, 5) is 13.3. The largest absolute Gasteiger partial charge is 0.493 e. The van der Waals surface area contributed by atoms with Gasteiger partial charge in [-0.05, 0) is 54.2 Å². The molecule has 0 aromatic heterocycles. The molecule has 2 N–H and O–H groups in total. The van der Waals surface area contributed by atoms with Crippen LogP contribution in [-0.4, -0.2) is 88.2 Å². The van der Waals surface area contributed by atoms with Gasteiger partial charge in [-0.25, -0.2) is 13.2 Å². The van der Waals surface area contributed by atoms with Gasteiger partial charge >= 0.3 is 6.09 Å². The van der Waals surface area contributed by atoms with E-state index in [-0.39, 0.29) is 49.6 Å². The minimum atomic E-state index is -4.06. The highest BCUT2D eigenvalue weighted by Gasteiger charge is 2.44. The molecular weight excluding hydrogens is 652 g/mol. The molecule has 12 nitrogen and oxygen atoms in total. The SMILES string of the molecule is CC(C)CN(C[C@@H](O)[C@H](Cc1ccc(OCCc2ccccc2)cc1)NC(=O)O[C@H]1CO[C@H]2OCC[C@H]21)S(=O)(=O)c1ccc2c(c1)OCO2. The lowest BCUT2D eigenvalue weighted by atomic mass is 10.0. The highest BCUT2D eigenvalue weighted by atomic mass is 32.2. The van der Waals surface area contributed by atoms with Crippen LogP contribution in [-0.2, 0) is 37.1 Å². The molecular formula is C36H44N2O10S. The molecule has 2 saturated heterocycles. The van der Waals surface area contributed by atoms with Crippen LogP contribution in [0.25, 0.3) is 0 Å². The van der Waals surface area contributed by atoms with Gasteiger partial charge in [-0.1, -0.05) is 56.3 Å². The maximum atomic E-state index is 13.9. The van der Waals surface area contributed by atoms with Crippen molar-refractivity contribution in [1.29, 1.82) is 0 Å². The number of benzene rings is 3. The van der Waals surface area contributed by atoms with Crippen LogP contribution in [0.4, 0.5) is 4.79 Å². The lowest BCUT2D eigenvalue weighted by Crippen LogP contribution is -2.51. The minimum Gasteiger partial charge on any atom is -0.493 e. The Bertz CT molecular complexity index is 1650. The molecule has 13 heteroatoms. The molecule has 0 bridgehead atoms. The van der Waals surface area contributed by atoms with Crippen molar-refractivity contribution in [2.24, 2.45) is 11.8 Å². The molecule has 3 aromatic carbocycles. The summed E-state index contributed by atoms with van der Waals surface area (Å²) in [6.07, 6.45) is -1.20. The van der Waals surface area contributed by atoms with E-state index in [0.29, 0.717) is 30.5 Å². The normalized spacial score (nSPS) is 21.0. The predicted octanol–water partition coefficient (Wildman–Crippen LogP) is 4.14. The molecule has 264 valence electrons. The number of aliphatic hydroxyl groups is 1. The standard InChI is InChI=1S/C36H44N2O10S/c1-24(2)20-38(49(41,42)28-12-13-32-33(19-28)47-23-46-32)21-31(39)30(37-36(40)48-34-22-45-35-29(34)15-17-44-35)18-26-8-10-27(11-9-26)43-16-14-25-6-4-3-5-7-25/h3-13,19,24,29-31,34-35,39H,14-18,20-23H2,1-2H3,(H,37,40)/t29-,30-,31+,34-,35+/m0/s1. The fourth-order valence-corrected chi connectivity index (χ4v) is 7.90. The van der Waals surface area contributed by atoms with Gasteiger partial charge in [0.25, 0.3) is 0 Å². The summed E-state index contributed by atoms with van der Waals surface area (Å²) in [5.41, 5.74) is 1.99. The second-order valence-corrected chi connectivity index (χ2v) is 14.9. The summed E-state index contributed by atoms with van der Waals surface area (Å²) < 4.78 is 62.7. The maximum absolute atomic E-state index is 13.9. The average molecular weight is 697 g/mol. The summed E-state index contributed by atoms with van der Waals surface area (Å²) in [7, 11) is -4.06. The van der Waals surface area contributed by atoms with Crippen LogP contribution in [0.2, 0.25) is 0 Å². The summed E-state index contributed by atoms with van der Waals surface area (Å²) in [5.74, 6) is 1.39. The number of alkyl carbamates (subject to hydrolysis) is 1. The number of carbonyl (C=O) groups excluding carboxylic acids is 1. The van der Waals surface area contributed by atoms with E-state index in [1.807, 2.05) is 56.3 Å². The first-order chi connectivity index (χ1) is 23.7. The Morgan fingerprint density at radius 1 is 0.980 bits per heavy atom. The van der Waals surface area contributed by atoms with E-state index in [2.05, 4.69) is 17.4 Å². The molecule has 5 atom stereocenters. The van der Waals surface area contributed by atoms with Crippen LogP contribution in [0.15, 0.2) is 77.7 Å². The molecule has 1 amide bonds. The molecule has 6 rings (SSSR count). The predicted molar refractivity (Wildman–Crippen MR) is 179 cm³/mol. The van der Waals surface area contributed by atoms with Crippen LogP contribution in [0.1, 0.15) is 31.4 Å². The molecule has 0 saturated carbocycles. The summed E-state index contributed by atoms with van der Waals surface area (Å²) in [6.45, 7) is 4.95. The zero-order valence-corrected chi connectivity index (χ0v) is 28.5. The van der Waals surface area contributed by atoms with Gasteiger partial charge in [-0.2, -0.15) is 4.31 Å². The van der Waals surface area contributed by atoms with E-state index in [0.717, 1.165) is 18.4 Å².